The third-order valence-electron chi connectivity index (χ3n) is 3.21. The minimum atomic E-state index is 0.933. The van der Waals surface area contributed by atoms with Gasteiger partial charge in [-0.2, -0.15) is 0 Å². The normalized spacial score (nSPS) is 37.9. The first-order valence-corrected chi connectivity index (χ1v) is 4.80. The molecule has 2 heteroatoms. The predicted octanol–water partition coefficient (Wildman–Crippen LogP) is 0.690. The average molecular weight is 154 g/mol. The molecule has 0 aliphatic carbocycles. The van der Waals surface area contributed by atoms with E-state index in [0.29, 0.717) is 0 Å². The quantitative estimate of drug-likeness (QED) is 0.629. The van der Waals surface area contributed by atoms with Gasteiger partial charge in [0.25, 0.3) is 0 Å². The van der Waals surface area contributed by atoms with Crippen LogP contribution >= 0.6 is 0 Å². The van der Waals surface area contributed by atoms with Crippen LogP contribution in [0.15, 0.2) is 0 Å². The zero-order valence-corrected chi connectivity index (χ0v) is 7.34. The van der Waals surface area contributed by atoms with Crippen molar-refractivity contribution in [3.8, 4) is 0 Å². The maximum absolute atomic E-state index is 3.30. The summed E-state index contributed by atoms with van der Waals surface area (Å²) >= 11 is 0. The topological polar surface area (TPSA) is 15.3 Å². The van der Waals surface area contributed by atoms with E-state index >= 15 is 0 Å². The van der Waals surface area contributed by atoms with Gasteiger partial charge < -0.3 is 10.2 Å². The lowest BCUT2D eigenvalue weighted by Crippen LogP contribution is -2.30. The van der Waals surface area contributed by atoms with Gasteiger partial charge in [0.2, 0.25) is 0 Å². The first-order valence-electron chi connectivity index (χ1n) is 4.80. The molecule has 2 rings (SSSR count). The van der Waals surface area contributed by atoms with E-state index in [0.717, 1.165) is 12.0 Å². The molecule has 0 bridgehead atoms. The van der Waals surface area contributed by atoms with E-state index in [9.17, 15) is 0 Å². The Hall–Kier alpha value is -0.0800. The fourth-order valence-corrected chi connectivity index (χ4v) is 2.69. The second-order valence-electron chi connectivity index (χ2n) is 3.85. The van der Waals surface area contributed by atoms with Gasteiger partial charge in [-0.25, -0.2) is 0 Å². The number of hydrogen-bond acceptors (Lipinski definition) is 2. The van der Waals surface area contributed by atoms with Crippen molar-refractivity contribution in [3.05, 3.63) is 0 Å². The molecule has 64 valence electrons. The minimum absolute atomic E-state index is 0.933. The SMILES string of the molecule is CNC[C@H]1CCN2CCC[C@@H]12. The molecule has 2 nitrogen and oxygen atoms in total. The molecule has 0 unspecified atom stereocenters. The van der Waals surface area contributed by atoms with Crippen LogP contribution in [0.1, 0.15) is 19.3 Å². The molecule has 0 aromatic carbocycles. The van der Waals surface area contributed by atoms with E-state index < -0.39 is 0 Å². The van der Waals surface area contributed by atoms with Gasteiger partial charge in [-0.1, -0.05) is 0 Å². The van der Waals surface area contributed by atoms with Crippen LogP contribution < -0.4 is 5.32 Å². The summed E-state index contributed by atoms with van der Waals surface area (Å²) in [5, 5.41) is 3.30. The number of rotatable bonds is 2. The number of hydrogen-bond donors (Lipinski definition) is 1. The molecule has 1 N–H and O–H groups in total. The first-order chi connectivity index (χ1) is 5.42. The number of nitrogens with one attached hydrogen (secondary N) is 1. The molecule has 0 radical (unpaired) electrons. The second kappa shape index (κ2) is 3.11. The van der Waals surface area contributed by atoms with Gasteiger partial charge in [-0.05, 0) is 51.9 Å². The fourth-order valence-electron chi connectivity index (χ4n) is 2.69. The van der Waals surface area contributed by atoms with E-state index in [2.05, 4.69) is 17.3 Å². The van der Waals surface area contributed by atoms with Crippen LogP contribution in [0.5, 0.6) is 0 Å². The van der Waals surface area contributed by atoms with Crippen molar-refractivity contribution in [2.24, 2.45) is 5.92 Å². The summed E-state index contributed by atoms with van der Waals surface area (Å²) in [6.45, 7) is 3.95. The highest BCUT2D eigenvalue weighted by atomic mass is 15.2. The number of nitrogens with zero attached hydrogens (tertiary/aromatic N) is 1. The summed E-state index contributed by atoms with van der Waals surface area (Å²) in [7, 11) is 2.07. The maximum atomic E-state index is 3.30. The summed E-state index contributed by atoms with van der Waals surface area (Å²) in [6, 6.07) is 0.933. The Morgan fingerprint density at radius 3 is 3.09 bits per heavy atom. The molecule has 0 spiro atoms. The Morgan fingerprint density at radius 2 is 2.27 bits per heavy atom. The maximum Gasteiger partial charge on any atom is 0.0137 e. The molecular formula is C9H18N2. The van der Waals surface area contributed by atoms with Crippen LogP contribution in [0.2, 0.25) is 0 Å². The smallest absolute Gasteiger partial charge is 0.0137 e. The lowest BCUT2D eigenvalue weighted by atomic mass is 9.98. The summed E-state index contributed by atoms with van der Waals surface area (Å²) in [4.78, 5) is 2.67. The molecule has 2 fully saturated rings. The van der Waals surface area contributed by atoms with Gasteiger partial charge >= 0.3 is 0 Å². The molecule has 11 heavy (non-hydrogen) atoms. The predicted molar refractivity (Wildman–Crippen MR) is 46.6 cm³/mol. The molecule has 0 aromatic rings. The Kier molecular flexibility index (Phi) is 2.14. The molecule has 2 atom stereocenters. The average Bonchev–Trinajstić information content (AvgIpc) is 2.53. The van der Waals surface area contributed by atoms with Crippen LogP contribution in [0.25, 0.3) is 0 Å². The van der Waals surface area contributed by atoms with Crippen LogP contribution in [-0.2, 0) is 0 Å². The minimum Gasteiger partial charge on any atom is -0.319 e. The Bertz CT molecular complexity index is 134. The molecule has 2 aliphatic heterocycles. The van der Waals surface area contributed by atoms with E-state index in [1.165, 1.54) is 38.9 Å². The monoisotopic (exact) mass is 154 g/mol. The van der Waals surface area contributed by atoms with Crippen molar-refractivity contribution in [1.82, 2.24) is 10.2 Å². The molecule has 2 heterocycles. The van der Waals surface area contributed by atoms with Gasteiger partial charge in [-0.3, -0.25) is 0 Å². The molecular weight excluding hydrogens is 136 g/mol. The first kappa shape index (κ1) is 7.56. The highest BCUT2D eigenvalue weighted by molar-refractivity contribution is 4.91. The van der Waals surface area contributed by atoms with Gasteiger partial charge in [0.1, 0.15) is 0 Å². The van der Waals surface area contributed by atoms with Crippen LogP contribution in [0.3, 0.4) is 0 Å². The van der Waals surface area contributed by atoms with Gasteiger partial charge in [-0.15, -0.1) is 0 Å². The fraction of sp³-hybridized carbons (Fsp3) is 1.00. The van der Waals surface area contributed by atoms with E-state index in [1.54, 1.807) is 0 Å². The van der Waals surface area contributed by atoms with Crippen molar-refractivity contribution in [2.75, 3.05) is 26.7 Å². The molecule has 0 amide bonds. The zero-order chi connectivity index (χ0) is 7.68. The van der Waals surface area contributed by atoms with Crippen molar-refractivity contribution >= 4 is 0 Å². The summed E-state index contributed by atoms with van der Waals surface area (Å²) in [6.07, 6.45) is 4.31. The second-order valence-corrected chi connectivity index (χ2v) is 3.85. The third kappa shape index (κ3) is 1.30. The van der Waals surface area contributed by atoms with Gasteiger partial charge in [0.05, 0.1) is 0 Å². The van der Waals surface area contributed by atoms with Crippen LogP contribution in [-0.4, -0.2) is 37.6 Å². The van der Waals surface area contributed by atoms with Crippen LogP contribution in [0.4, 0.5) is 0 Å². The van der Waals surface area contributed by atoms with Crippen LogP contribution in [0, 0.1) is 5.92 Å². The van der Waals surface area contributed by atoms with Crippen molar-refractivity contribution in [2.45, 2.75) is 25.3 Å². The van der Waals surface area contributed by atoms with E-state index in [4.69, 9.17) is 0 Å². The molecule has 2 saturated heterocycles. The molecule has 2 aliphatic rings. The molecule has 0 saturated carbocycles. The molecule has 0 aromatic heterocycles. The van der Waals surface area contributed by atoms with E-state index in [1.807, 2.05) is 0 Å². The van der Waals surface area contributed by atoms with Crippen molar-refractivity contribution < 1.29 is 0 Å². The summed E-state index contributed by atoms with van der Waals surface area (Å²) < 4.78 is 0. The Labute approximate surface area is 69.0 Å². The lowest BCUT2D eigenvalue weighted by Gasteiger charge is -2.19. The Balaban J connectivity index is 1.92. The zero-order valence-electron chi connectivity index (χ0n) is 7.34. The Morgan fingerprint density at radius 1 is 1.36 bits per heavy atom. The summed E-state index contributed by atoms with van der Waals surface area (Å²) in [5.74, 6) is 0.947. The number of fused-ring (bicyclic) bond motifs is 1. The highest BCUT2D eigenvalue weighted by Gasteiger charge is 2.36. The highest BCUT2D eigenvalue weighted by Crippen LogP contribution is 2.31. The van der Waals surface area contributed by atoms with E-state index in [-0.39, 0.29) is 0 Å². The third-order valence-corrected chi connectivity index (χ3v) is 3.21. The standard InChI is InChI=1S/C9H18N2/c1-10-7-8-4-6-11-5-2-3-9(8)11/h8-10H,2-7H2,1H3/t8-,9+/m1/s1. The van der Waals surface area contributed by atoms with Gasteiger partial charge in [0, 0.05) is 6.04 Å². The van der Waals surface area contributed by atoms with Crippen molar-refractivity contribution in [3.63, 3.8) is 0 Å². The lowest BCUT2D eigenvalue weighted by molar-refractivity contribution is 0.288. The largest absolute Gasteiger partial charge is 0.319 e. The van der Waals surface area contributed by atoms with Gasteiger partial charge in [0.15, 0.2) is 0 Å². The summed E-state index contributed by atoms with van der Waals surface area (Å²) in [5.41, 5.74) is 0. The van der Waals surface area contributed by atoms with Crippen molar-refractivity contribution in [1.29, 1.82) is 0 Å².